The lowest BCUT2D eigenvalue weighted by molar-refractivity contribution is -0.130. The van der Waals surface area contributed by atoms with Gasteiger partial charge in [0.25, 0.3) is 5.56 Å². The standard InChI is InChI=1S/C21H18ClN3O3S/c1-12(26)24-11-10-13-6-2-3-7-14(13)18(24)17-19(27)23-21(29)25(20(17)28)16-9-5-4-8-15(16)22/h2-9,18,28H,10-11H2,1H3,(H,23,27,29)/t18-/m1/s1. The quantitative estimate of drug-likeness (QED) is 0.610. The fraction of sp³-hybridized carbons (Fsp3) is 0.190. The number of aromatic amines is 1. The number of aromatic nitrogens is 2. The molecular weight excluding hydrogens is 410 g/mol. The maximum absolute atomic E-state index is 12.9. The van der Waals surface area contributed by atoms with Crippen LogP contribution in [0, 0.1) is 4.77 Å². The number of hydrogen-bond donors (Lipinski definition) is 2. The summed E-state index contributed by atoms with van der Waals surface area (Å²) in [6.07, 6.45) is 0.675. The van der Waals surface area contributed by atoms with Crippen molar-refractivity contribution in [1.82, 2.24) is 14.5 Å². The molecule has 2 N–H and O–H groups in total. The van der Waals surface area contributed by atoms with E-state index in [0.717, 1.165) is 11.1 Å². The lowest BCUT2D eigenvalue weighted by Gasteiger charge is -2.37. The molecule has 0 unspecified atom stereocenters. The molecule has 0 aliphatic carbocycles. The summed E-state index contributed by atoms with van der Waals surface area (Å²) >= 11 is 11.6. The number of carbonyl (C=O) groups excluding carboxylic acids is 1. The number of halogens is 1. The van der Waals surface area contributed by atoms with Crippen LogP contribution in [0.3, 0.4) is 0 Å². The second-order valence-electron chi connectivity index (χ2n) is 6.85. The molecule has 6 nitrogen and oxygen atoms in total. The number of nitrogens with one attached hydrogen (secondary N) is 1. The lowest BCUT2D eigenvalue weighted by Crippen LogP contribution is -2.41. The Hall–Kier alpha value is -2.90. The van der Waals surface area contributed by atoms with Gasteiger partial charge in [-0.15, -0.1) is 0 Å². The number of nitrogens with zero attached hydrogens (tertiary/aromatic N) is 2. The van der Waals surface area contributed by atoms with Crippen LogP contribution in [0.4, 0.5) is 0 Å². The topological polar surface area (TPSA) is 78.3 Å². The van der Waals surface area contributed by atoms with Crippen molar-refractivity contribution in [3.8, 4) is 11.6 Å². The molecule has 4 rings (SSSR count). The van der Waals surface area contributed by atoms with Gasteiger partial charge >= 0.3 is 0 Å². The minimum absolute atomic E-state index is 0.0165. The summed E-state index contributed by atoms with van der Waals surface area (Å²) < 4.78 is 1.34. The lowest BCUT2D eigenvalue weighted by atomic mass is 9.89. The zero-order valence-electron chi connectivity index (χ0n) is 15.6. The number of benzene rings is 2. The summed E-state index contributed by atoms with van der Waals surface area (Å²) in [6, 6.07) is 13.7. The van der Waals surface area contributed by atoms with Crippen LogP contribution in [-0.2, 0) is 11.2 Å². The number of aromatic hydroxyl groups is 1. The van der Waals surface area contributed by atoms with E-state index in [4.69, 9.17) is 23.8 Å². The van der Waals surface area contributed by atoms with Gasteiger partial charge in [0.05, 0.1) is 16.8 Å². The minimum atomic E-state index is -0.731. The predicted octanol–water partition coefficient (Wildman–Crippen LogP) is 3.75. The molecular formula is C21H18ClN3O3S. The first kappa shape index (κ1) is 19.4. The number of carbonyl (C=O) groups is 1. The number of amides is 1. The van der Waals surface area contributed by atoms with Gasteiger partial charge in [0.1, 0.15) is 5.56 Å². The molecule has 1 aliphatic rings. The van der Waals surface area contributed by atoms with E-state index >= 15 is 0 Å². The van der Waals surface area contributed by atoms with Crippen LogP contribution >= 0.6 is 23.8 Å². The van der Waals surface area contributed by atoms with Crippen molar-refractivity contribution in [1.29, 1.82) is 0 Å². The maximum atomic E-state index is 12.9. The average Bonchev–Trinajstić information content (AvgIpc) is 2.69. The Bertz CT molecular complexity index is 1230. The van der Waals surface area contributed by atoms with Crippen molar-refractivity contribution in [3.63, 3.8) is 0 Å². The highest BCUT2D eigenvalue weighted by Gasteiger charge is 2.35. The van der Waals surface area contributed by atoms with Crippen LogP contribution in [0.2, 0.25) is 5.02 Å². The first-order valence-corrected chi connectivity index (χ1v) is 9.87. The van der Waals surface area contributed by atoms with E-state index in [0.29, 0.717) is 23.7 Å². The fourth-order valence-electron chi connectivity index (χ4n) is 3.86. The van der Waals surface area contributed by atoms with Crippen molar-refractivity contribution in [3.05, 3.63) is 85.4 Å². The molecule has 148 valence electrons. The fourth-order valence-corrected chi connectivity index (χ4v) is 4.36. The summed E-state index contributed by atoms with van der Waals surface area (Å²) in [5.41, 5.74) is 1.79. The summed E-state index contributed by atoms with van der Waals surface area (Å²) in [5, 5.41) is 11.6. The van der Waals surface area contributed by atoms with Crippen molar-refractivity contribution >= 4 is 29.7 Å². The number of fused-ring (bicyclic) bond motifs is 1. The minimum Gasteiger partial charge on any atom is -0.494 e. The molecule has 8 heteroatoms. The second-order valence-corrected chi connectivity index (χ2v) is 7.64. The monoisotopic (exact) mass is 427 g/mol. The van der Waals surface area contributed by atoms with Crippen molar-refractivity contribution in [2.24, 2.45) is 0 Å². The Kier molecular flexibility index (Phi) is 5.02. The predicted molar refractivity (Wildman–Crippen MR) is 113 cm³/mol. The van der Waals surface area contributed by atoms with Crippen LogP contribution in [0.1, 0.15) is 29.7 Å². The SMILES string of the molecule is CC(=O)N1CCc2ccccc2[C@@H]1c1c(O)n(-c2ccccc2Cl)c(=S)[nH]c1=O. The van der Waals surface area contributed by atoms with Gasteiger partial charge in [0.2, 0.25) is 11.8 Å². The molecule has 1 aromatic heterocycles. The molecule has 2 aromatic carbocycles. The second kappa shape index (κ2) is 7.50. The summed E-state index contributed by atoms with van der Waals surface area (Å²) in [4.78, 5) is 29.5. The van der Waals surface area contributed by atoms with E-state index < -0.39 is 11.6 Å². The normalized spacial score (nSPS) is 15.8. The van der Waals surface area contributed by atoms with Crippen molar-refractivity contribution in [2.75, 3.05) is 6.54 Å². The van der Waals surface area contributed by atoms with Crippen molar-refractivity contribution < 1.29 is 9.90 Å². The van der Waals surface area contributed by atoms with E-state index in [1.807, 2.05) is 24.3 Å². The molecule has 0 radical (unpaired) electrons. The average molecular weight is 428 g/mol. The van der Waals surface area contributed by atoms with Gasteiger partial charge in [0, 0.05) is 13.5 Å². The largest absolute Gasteiger partial charge is 0.494 e. The number of rotatable bonds is 2. The Morgan fingerprint density at radius 3 is 2.62 bits per heavy atom. The van der Waals surface area contributed by atoms with E-state index in [-0.39, 0.29) is 22.1 Å². The molecule has 0 saturated heterocycles. The maximum Gasteiger partial charge on any atom is 0.261 e. The Morgan fingerprint density at radius 1 is 1.21 bits per heavy atom. The molecule has 3 aromatic rings. The van der Waals surface area contributed by atoms with Gasteiger partial charge in [-0.05, 0) is 41.9 Å². The van der Waals surface area contributed by atoms with Gasteiger partial charge in [-0.2, -0.15) is 0 Å². The smallest absolute Gasteiger partial charge is 0.261 e. The van der Waals surface area contributed by atoms with Crippen LogP contribution in [-0.4, -0.2) is 32.0 Å². The third-order valence-electron chi connectivity index (χ3n) is 5.18. The molecule has 1 aliphatic heterocycles. The summed E-state index contributed by atoms with van der Waals surface area (Å²) in [6.45, 7) is 1.90. The molecule has 1 atom stereocenters. The first-order chi connectivity index (χ1) is 13.9. The van der Waals surface area contributed by atoms with Gasteiger partial charge in [-0.25, -0.2) is 0 Å². The van der Waals surface area contributed by atoms with E-state index in [1.165, 1.54) is 11.5 Å². The van der Waals surface area contributed by atoms with Gasteiger partial charge in [0.15, 0.2) is 4.77 Å². The molecule has 0 spiro atoms. The van der Waals surface area contributed by atoms with E-state index in [9.17, 15) is 14.7 Å². The first-order valence-electron chi connectivity index (χ1n) is 9.08. The molecule has 1 amide bonds. The number of para-hydroxylation sites is 1. The van der Waals surface area contributed by atoms with E-state index in [2.05, 4.69) is 4.98 Å². The highest BCUT2D eigenvalue weighted by Crippen LogP contribution is 2.38. The molecule has 0 saturated carbocycles. The van der Waals surface area contributed by atoms with Gasteiger partial charge in [-0.1, -0.05) is 48.0 Å². The molecule has 29 heavy (non-hydrogen) atoms. The molecule has 0 bridgehead atoms. The van der Waals surface area contributed by atoms with Crippen LogP contribution in [0.25, 0.3) is 5.69 Å². The summed E-state index contributed by atoms with van der Waals surface area (Å²) in [7, 11) is 0. The third-order valence-corrected chi connectivity index (χ3v) is 5.78. The van der Waals surface area contributed by atoms with Crippen LogP contribution < -0.4 is 5.56 Å². The van der Waals surface area contributed by atoms with Crippen LogP contribution in [0.5, 0.6) is 5.88 Å². The highest BCUT2D eigenvalue weighted by molar-refractivity contribution is 7.71. The Balaban J connectivity index is 2.04. The zero-order chi connectivity index (χ0) is 20.7. The van der Waals surface area contributed by atoms with Gasteiger partial charge in [-0.3, -0.25) is 19.1 Å². The molecule has 2 heterocycles. The zero-order valence-corrected chi connectivity index (χ0v) is 17.1. The van der Waals surface area contributed by atoms with E-state index in [1.54, 1.807) is 29.2 Å². The molecule has 0 fully saturated rings. The number of hydrogen-bond acceptors (Lipinski definition) is 4. The Labute approximate surface area is 177 Å². The highest BCUT2D eigenvalue weighted by atomic mass is 35.5. The third kappa shape index (κ3) is 3.26. The van der Waals surface area contributed by atoms with Crippen LogP contribution in [0.15, 0.2) is 53.3 Å². The number of H-pyrrole nitrogens is 1. The Morgan fingerprint density at radius 2 is 1.90 bits per heavy atom. The van der Waals surface area contributed by atoms with Crippen molar-refractivity contribution in [2.45, 2.75) is 19.4 Å². The van der Waals surface area contributed by atoms with Gasteiger partial charge < -0.3 is 10.0 Å². The summed E-state index contributed by atoms with van der Waals surface area (Å²) in [5.74, 6) is -0.519.